The lowest BCUT2D eigenvalue weighted by molar-refractivity contribution is -0.117. The Kier molecular flexibility index (Phi) is 3.69. The van der Waals surface area contributed by atoms with E-state index >= 15 is 0 Å². The van der Waals surface area contributed by atoms with Gasteiger partial charge in [0.05, 0.1) is 6.26 Å². The van der Waals surface area contributed by atoms with E-state index in [4.69, 9.17) is 4.42 Å². The fourth-order valence-electron chi connectivity index (χ4n) is 2.94. The van der Waals surface area contributed by atoms with E-state index in [1.54, 1.807) is 6.26 Å². The maximum atomic E-state index is 12.3. The normalized spacial score (nSPS) is 19.2. The third-order valence-corrected chi connectivity index (χ3v) is 5.18. The number of benzene rings is 1. The Bertz CT molecular complexity index is 886. The van der Waals surface area contributed by atoms with Crippen LogP contribution >= 0.6 is 11.3 Å². The van der Waals surface area contributed by atoms with Crippen LogP contribution in [0.5, 0.6) is 0 Å². The summed E-state index contributed by atoms with van der Waals surface area (Å²) in [5.41, 5.74) is 3.43. The highest BCUT2D eigenvalue weighted by molar-refractivity contribution is 7.18. The number of amides is 1. The number of furan rings is 1. The van der Waals surface area contributed by atoms with Crippen molar-refractivity contribution in [2.24, 2.45) is 5.92 Å². The molecular formula is C18H17N3O2S. The van der Waals surface area contributed by atoms with Gasteiger partial charge in [-0.15, -0.1) is 10.2 Å². The van der Waals surface area contributed by atoms with Crippen LogP contribution in [0.1, 0.15) is 29.2 Å². The highest BCUT2D eigenvalue weighted by atomic mass is 32.1. The minimum Gasteiger partial charge on any atom is -0.469 e. The number of rotatable bonds is 4. The third kappa shape index (κ3) is 2.85. The molecule has 1 fully saturated rings. The zero-order valence-corrected chi connectivity index (χ0v) is 14.3. The smallest absolute Gasteiger partial charge is 0.230 e. The summed E-state index contributed by atoms with van der Waals surface area (Å²) in [5, 5.41) is 12.6. The molecule has 2 heterocycles. The van der Waals surface area contributed by atoms with Gasteiger partial charge in [-0.3, -0.25) is 4.79 Å². The molecule has 0 radical (unpaired) electrons. The monoisotopic (exact) mass is 339 g/mol. The van der Waals surface area contributed by atoms with E-state index in [0.717, 1.165) is 28.3 Å². The van der Waals surface area contributed by atoms with Crippen molar-refractivity contribution in [2.75, 3.05) is 5.32 Å². The van der Waals surface area contributed by atoms with Crippen molar-refractivity contribution in [1.29, 1.82) is 0 Å². The third-order valence-electron chi connectivity index (χ3n) is 4.30. The summed E-state index contributed by atoms with van der Waals surface area (Å²) >= 11 is 1.40. The van der Waals surface area contributed by atoms with E-state index < -0.39 is 0 Å². The first kappa shape index (κ1) is 15.1. The fourth-order valence-corrected chi connectivity index (χ4v) is 3.77. The standard InChI is InChI=1S/C18H17N3O2S/c1-10-5-6-12(11(2)8-10)17-20-21-18(24-17)19-16(22)14-9-13(14)15-4-3-7-23-15/h3-8,13-14H,9H2,1-2H3,(H,19,21,22). The van der Waals surface area contributed by atoms with Crippen molar-refractivity contribution in [3.05, 3.63) is 53.5 Å². The number of anilines is 1. The van der Waals surface area contributed by atoms with Crippen LogP contribution in [0.4, 0.5) is 5.13 Å². The van der Waals surface area contributed by atoms with Crippen LogP contribution in [0, 0.1) is 19.8 Å². The maximum Gasteiger partial charge on any atom is 0.230 e. The van der Waals surface area contributed by atoms with Crippen LogP contribution < -0.4 is 5.32 Å². The quantitative estimate of drug-likeness (QED) is 0.775. The molecule has 3 aromatic rings. The topological polar surface area (TPSA) is 68.0 Å². The predicted molar refractivity (Wildman–Crippen MR) is 93.0 cm³/mol. The Morgan fingerprint density at radius 1 is 1.29 bits per heavy atom. The molecule has 4 rings (SSSR count). The van der Waals surface area contributed by atoms with Gasteiger partial charge < -0.3 is 9.73 Å². The van der Waals surface area contributed by atoms with E-state index in [2.05, 4.69) is 41.5 Å². The average Bonchev–Trinajstić information content (AvgIpc) is 2.96. The van der Waals surface area contributed by atoms with Gasteiger partial charge in [-0.2, -0.15) is 0 Å². The van der Waals surface area contributed by atoms with Crippen LogP contribution in [0.15, 0.2) is 41.0 Å². The molecule has 1 N–H and O–H groups in total. The molecule has 5 nitrogen and oxygen atoms in total. The number of aromatic nitrogens is 2. The first-order valence-corrected chi connectivity index (χ1v) is 8.69. The van der Waals surface area contributed by atoms with Gasteiger partial charge in [0.15, 0.2) is 0 Å². The maximum absolute atomic E-state index is 12.3. The first-order chi connectivity index (χ1) is 11.6. The van der Waals surface area contributed by atoms with Gasteiger partial charge in [0, 0.05) is 17.4 Å². The van der Waals surface area contributed by atoms with Crippen molar-refractivity contribution in [2.45, 2.75) is 26.2 Å². The zero-order chi connectivity index (χ0) is 16.7. The lowest BCUT2D eigenvalue weighted by Crippen LogP contribution is -2.14. The number of carbonyl (C=O) groups is 1. The van der Waals surface area contributed by atoms with Crippen molar-refractivity contribution in [3.63, 3.8) is 0 Å². The molecule has 2 atom stereocenters. The second kappa shape index (κ2) is 5.87. The zero-order valence-electron chi connectivity index (χ0n) is 13.4. The van der Waals surface area contributed by atoms with Gasteiger partial charge in [0.1, 0.15) is 10.8 Å². The molecule has 1 aliphatic carbocycles. The van der Waals surface area contributed by atoms with Gasteiger partial charge >= 0.3 is 0 Å². The summed E-state index contributed by atoms with van der Waals surface area (Å²) in [4.78, 5) is 12.3. The molecule has 0 bridgehead atoms. The number of carbonyl (C=O) groups excluding carboxylic acids is 1. The molecular weight excluding hydrogens is 322 g/mol. The van der Waals surface area contributed by atoms with Gasteiger partial charge in [-0.25, -0.2) is 0 Å². The largest absolute Gasteiger partial charge is 0.469 e. The van der Waals surface area contributed by atoms with E-state index in [1.165, 1.54) is 16.9 Å². The molecule has 2 aromatic heterocycles. The minimum atomic E-state index is -0.0374. The molecule has 2 unspecified atom stereocenters. The minimum absolute atomic E-state index is 0.0141. The van der Waals surface area contributed by atoms with Crippen LogP contribution in [0.3, 0.4) is 0 Å². The van der Waals surface area contributed by atoms with Gasteiger partial charge in [0.25, 0.3) is 0 Å². The Labute approximate surface area is 143 Å². The second-order valence-electron chi connectivity index (χ2n) is 6.18. The Balaban J connectivity index is 1.45. The molecule has 1 aliphatic rings. The average molecular weight is 339 g/mol. The van der Waals surface area contributed by atoms with Crippen molar-refractivity contribution < 1.29 is 9.21 Å². The molecule has 0 spiro atoms. The van der Waals surface area contributed by atoms with E-state index in [-0.39, 0.29) is 17.7 Å². The summed E-state index contributed by atoms with van der Waals surface area (Å²) in [5.74, 6) is 1.01. The number of nitrogens with one attached hydrogen (secondary N) is 1. The lowest BCUT2D eigenvalue weighted by Gasteiger charge is -2.02. The van der Waals surface area contributed by atoms with Crippen LogP contribution in [0.2, 0.25) is 0 Å². The van der Waals surface area contributed by atoms with Gasteiger partial charge in [-0.1, -0.05) is 35.1 Å². The molecule has 122 valence electrons. The van der Waals surface area contributed by atoms with Crippen molar-refractivity contribution in [1.82, 2.24) is 10.2 Å². The molecule has 0 saturated heterocycles. The van der Waals surface area contributed by atoms with Crippen LogP contribution in [0.25, 0.3) is 10.6 Å². The second-order valence-corrected chi connectivity index (χ2v) is 7.16. The van der Waals surface area contributed by atoms with Gasteiger partial charge in [-0.05, 0) is 38.0 Å². The van der Waals surface area contributed by atoms with E-state index in [1.807, 2.05) is 18.2 Å². The van der Waals surface area contributed by atoms with E-state index in [9.17, 15) is 4.79 Å². The van der Waals surface area contributed by atoms with E-state index in [0.29, 0.717) is 5.13 Å². The van der Waals surface area contributed by atoms with Crippen molar-refractivity contribution in [3.8, 4) is 10.6 Å². The molecule has 1 aromatic carbocycles. The Morgan fingerprint density at radius 2 is 2.17 bits per heavy atom. The SMILES string of the molecule is Cc1ccc(-c2nnc(NC(=O)C3CC3c3ccco3)s2)c(C)c1. The van der Waals surface area contributed by atoms with Gasteiger partial charge in [0.2, 0.25) is 11.0 Å². The number of aryl methyl sites for hydroxylation is 2. The molecule has 6 heteroatoms. The van der Waals surface area contributed by atoms with Crippen LogP contribution in [-0.2, 0) is 4.79 Å². The summed E-state index contributed by atoms with van der Waals surface area (Å²) in [6.07, 6.45) is 2.46. The molecule has 1 saturated carbocycles. The first-order valence-electron chi connectivity index (χ1n) is 7.87. The predicted octanol–water partition coefficient (Wildman–Crippen LogP) is 4.16. The lowest BCUT2D eigenvalue weighted by atomic mass is 10.1. The highest BCUT2D eigenvalue weighted by Gasteiger charge is 2.46. The summed E-state index contributed by atoms with van der Waals surface area (Å²) < 4.78 is 5.37. The highest BCUT2D eigenvalue weighted by Crippen LogP contribution is 2.48. The van der Waals surface area contributed by atoms with Crippen LogP contribution in [-0.4, -0.2) is 16.1 Å². The Morgan fingerprint density at radius 3 is 2.92 bits per heavy atom. The number of hydrogen-bond acceptors (Lipinski definition) is 5. The fraction of sp³-hybridized carbons (Fsp3) is 0.278. The molecule has 24 heavy (non-hydrogen) atoms. The summed E-state index contributed by atoms with van der Waals surface area (Å²) in [6.45, 7) is 4.12. The Hall–Kier alpha value is -2.47. The summed E-state index contributed by atoms with van der Waals surface area (Å²) in [6, 6.07) is 9.99. The number of hydrogen-bond donors (Lipinski definition) is 1. The molecule has 1 amide bonds. The summed E-state index contributed by atoms with van der Waals surface area (Å²) in [7, 11) is 0. The van der Waals surface area contributed by atoms with Crippen molar-refractivity contribution >= 4 is 22.4 Å². The molecule has 0 aliphatic heterocycles. The number of nitrogens with zero attached hydrogens (tertiary/aromatic N) is 2.